The van der Waals surface area contributed by atoms with E-state index in [1.54, 1.807) is 13.8 Å². The van der Waals surface area contributed by atoms with Gasteiger partial charge < -0.3 is 15.2 Å². The van der Waals surface area contributed by atoms with E-state index in [0.717, 1.165) is 5.56 Å². The van der Waals surface area contributed by atoms with Crippen LogP contribution in [-0.2, 0) is 0 Å². The van der Waals surface area contributed by atoms with E-state index in [2.05, 4.69) is 34.0 Å². The third-order valence-electron chi connectivity index (χ3n) is 3.36. The number of nitrogens with zero attached hydrogens (tertiary/aromatic N) is 1. The molecular weight excluding hydrogens is 266 g/mol. The first-order valence-electron chi connectivity index (χ1n) is 6.95. The average molecular weight is 287 g/mol. The highest BCUT2D eigenvalue weighted by atomic mass is 16.5. The van der Waals surface area contributed by atoms with Crippen molar-refractivity contribution < 1.29 is 9.32 Å². The van der Waals surface area contributed by atoms with Gasteiger partial charge >= 0.3 is 6.03 Å². The van der Waals surface area contributed by atoms with Crippen LogP contribution < -0.4 is 10.6 Å². The van der Waals surface area contributed by atoms with Gasteiger partial charge in [-0.05, 0) is 40.2 Å². The third kappa shape index (κ3) is 3.62. The monoisotopic (exact) mass is 287 g/mol. The lowest BCUT2D eigenvalue weighted by atomic mass is 10.0. The molecule has 0 aliphatic rings. The fraction of sp³-hybridized carbons (Fsp3) is 0.375. The van der Waals surface area contributed by atoms with Gasteiger partial charge in [0.2, 0.25) is 0 Å². The van der Waals surface area contributed by atoms with E-state index in [9.17, 15) is 4.79 Å². The molecule has 0 bridgehead atoms. The summed E-state index contributed by atoms with van der Waals surface area (Å²) in [5, 5.41) is 9.52. The lowest BCUT2D eigenvalue weighted by Gasteiger charge is -2.16. The van der Waals surface area contributed by atoms with Crippen LogP contribution >= 0.6 is 0 Å². The van der Waals surface area contributed by atoms with E-state index in [1.165, 1.54) is 11.1 Å². The van der Waals surface area contributed by atoms with E-state index in [1.807, 2.05) is 20.8 Å². The number of urea groups is 1. The van der Waals surface area contributed by atoms with E-state index in [0.29, 0.717) is 17.1 Å². The average Bonchev–Trinajstić information content (AvgIpc) is 2.69. The van der Waals surface area contributed by atoms with Crippen LogP contribution in [0.4, 0.5) is 10.5 Å². The lowest BCUT2D eigenvalue weighted by molar-refractivity contribution is 0.249. The minimum atomic E-state index is -0.268. The van der Waals surface area contributed by atoms with E-state index < -0.39 is 0 Å². The van der Waals surface area contributed by atoms with E-state index in [4.69, 9.17) is 4.52 Å². The standard InChI is InChI=1S/C16H21N3O2/c1-9-6-10(2)8-14(7-9)11(3)17-16(20)18-15-12(4)19-21-13(15)5/h6-8,11H,1-5H3,(H2,17,18,20)/t11-/m0/s1. The summed E-state index contributed by atoms with van der Waals surface area (Å²) in [4.78, 5) is 12.1. The Balaban J connectivity index is 2.05. The molecule has 0 radical (unpaired) electrons. The van der Waals surface area contributed by atoms with Gasteiger partial charge in [0.05, 0.1) is 6.04 Å². The van der Waals surface area contributed by atoms with Crippen LogP contribution in [0.3, 0.4) is 0 Å². The largest absolute Gasteiger partial charge is 0.359 e. The van der Waals surface area contributed by atoms with Crippen molar-refractivity contribution in [3.05, 3.63) is 46.3 Å². The molecule has 0 unspecified atom stereocenters. The van der Waals surface area contributed by atoms with Gasteiger partial charge in [-0.25, -0.2) is 4.79 Å². The molecule has 1 aromatic carbocycles. The predicted octanol–water partition coefficient (Wildman–Crippen LogP) is 3.79. The number of carbonyl (C=O) groups is 1. The van der Waals surface area contributed by atoms with Crippen LogP contribution in [0.1, 0.15) is 41.1 Å². The molecule has 0 aliphatic carbocycles. The summed E-state index contributed by atoms with van der Waals surface area (Å²) in [6.07, 6.45) is 0. The first-order chi connectivity index (χ1) is 9.86. The van der Waals surface area contributed by atoms with Gasteiger partial charge in [-0.15, -0.1) is 0 Å². The Morgan fingerprint density at radius 1 is 1.14 bits per heavy atom. The van der Waals surface area contributed by atoms with Gasteiger partial charge in [-0.1, -0.05) is 34.5 Å². The number of carbonyl (C=O) groups excluding carboxylic acids is 1. The summed E-state index contributed by atoms with van der Waals surface area (Å²) in [5.74, 6) is 0.599. The van der Waals surface area contributed by atoms with Crippen molar-refractivity contribution in [1.82, 2.24) is 10.5 Å². The fourth-order valence-corrected chi connectivity index (χ4v) is 2.35. The Morgan fingerprint density at radius 3 is 2.29 bits per heavy atom. The first kappa shape index (κ1) is 15.1. The van der Waals surface area contributed by atoms with Crippen molar-refractivity contribution in [3.8, 4) is 0 Å². The molecule has 2 amide bonds. The summed E-state index contributed by atoms with van der Waals surface area (Å²) in [6.45, 7) is 9.61. The predicted molar refractivity (Wildman–Crippen MR) is 82.5 cm³/mol. The zero-order valence-corrected chi connectivity index (χ0v) is 13.1. The van der Waals surface area contributed by atoms with Crippen LogP contribution in [0.5, 0.6) is 0 Å². The number of hydrogen-bond acceptors (Lipinski definition) is 3. The van der Waals surface area contributed by atoms with Crippen molar-refractivity contribution >= 4 is 11.7 Å². The lowest BCUT2D eigenvalue weighted by Crippen LogP contribution is -2.31. The number of aromatic nitrogens is 1. The molecule has 21 heavy (non-hydrogen) atoms. The Hall–Kier alpha value is -2.30. The molecule has 2 N–H and O–H groups in total. The number of rotatable bonds is 3. The topological polar surface area (TPSA) is 67.2 Å². The molecule has 5 nitrogen and oxygen atoms in total. The zero-order chi connectivity index (χ0) is 15.6. The van der Waals surface area contributed by atoms with Crippen molar-refractivity contribution in [1.29, 1.82) is 0 Å². The molecule has 2 aromatic rings. The number of anilines is 1. The maximum Gasteiger partial charge on any atom is 0.319 e. The van der Waals surface area contributed by atoms with Crippen LogP contribution in [0.2, 0.25) is 0 Å². The Kier molecular flexibility index (Phi) is 4.31. The van der Waals surface area contributed by atoms with Crippen LogP contribution in [0, 0.1) is 27.7 Å². The molecule has 1 atom stereocenters. The molecule has 0 saturated carbocycles. The second kappa shape index (κ2) is 5.99. The minimum Gasteiger partial charge on any atom is -0.359 e. The van der Waals surface area contributed by atoms with Crippen molar-refractivity contribution in [3.63, 3.8) is 0 Å². The van der Waals surface area contributed by atoms with Gasteiger partial charge in [0.15, 0.2) is 5.76 Å². The number of hydrogen-bond donors (Lipinski definition) is 2. The van der Waals surface area contributed by atoms with Crippen LogP contribution in [0.25, 0.3) is 0 Å². The van der Waals surface area contributed by atoms with Crippen LogP contribution in [0.15, 0.2) is 22.7 Å². The number of aryl methyl sites for hydroxylation is 4. The normalized spacial score (nSPS) is 12.0. The molecule has 0 saturated heterocycles. The maximum absolute atomic E-state index is 12.1. The molecule has 5 heteroatoms. The van der Waals surface area contributed by atoms with E-state index in [-0.39, 0.29) is 12.1 Å². The van der Waals surface area contributed by atoms with Crippen LogP contribution in [-0.4, -0.2) is 11.2 Å². The molecule has 0 fully saturated rings. The van der Waals surface area contributed by atoms with Crippen molar-refractivity contribution in [2.45, 2.75) is 40.7 Å². The third-order valence-corrected chi connectivity index (χ3v) is 3.36. The first-order valence-corrected chi connectivity index (χ1v) is 6.95. The Labute approximate surface area is 124 Å². The van der Waals surface area contributed by atoms with Crippen molar-refractivity contribution in [2.75, 3.05) is 5.32 Å². The highest BCUT2D eigenvalue weighted by Crippen LogP contribution is 2.20. The summed E-state index contributed by atoms with van der Waals surface area (Å²) >= 11 is 0. The van der Waals surface area contributed by atoms with Gasteiger partial charge in [-0.2, -0.15) is 0 Å². The Bertz CT molecular complexity index is 622. The molecular formula is C16H21N3O2. The van der Waals surface area contributed by atoms with Crippen molar-refractivity contribution in [2.24, 2.45) is 0 Å². The summed E-state index contributed by atoms with van der Waals surface area (Å²) in [7, 11) is 0. The number of benzene rings is 1. The van der Waals surface area contributed by atoms with Gasteiger partial charge in [0.25, 0.3) is 0 Å². The second-order valence-corrected chi connectivity index (χ2v) is 5.44. The summed E-state index contributed by atoms with van der Waals surface area (Å²) < 4.78 is 5.02. The van der Waals surface area contributed by atoms with Gasteiger partial charge in [-0.3, -0.25) is 0 Å². The molecule has 112 valence electrons. The highest BCUT2D eigenvalue weighted by Gasteiger charge is 2.14. The molecule has 1 aromatic heterocycles. The van der Waals surface area contributed by atoms with Gasteiger partial charge in [0.1, 0.15) is 11.4 Å². The number of nitrogens with one attached hydrogen (secondary N) is 2. The minimum absolute atomic E-state index is 0.0796. The molecule has 1 heterocycles. The molecule has 2 rings (SSSR count). The van der Waals surface area contributed by atoms with Gasteiger partial charge in [0, 0.05) is 0 Å². The smallest absolute Gasteiger partial charge is 0.319 e. The molecule has 0 spiro atoms. The highest BCUT2D eigenvalue weighted by molar-refractivity contribution is 5.90. The number of amides is 2. The zero-order valence-electron chi connectivity index (χ0n) is 13.1. The quantitative estimate of drug-likeness (QED) is 0.902. The summed E-state index contributed by atoms with van der Waals surface area (Å²) in [6, 6.07) is 5.92. The second-order valence-electron chi connectivity index (χ2n) is 5.44. The van der Waals surface area contributed by atoms with E-state index >= 15 is 0 Å². The fourth-order valence-electron chi connectivity index (χ4n) is 2.35. The molecule has 0 aliphatic heterocycles. The summed E-state index contributed by atoms with van der Waals surface area (Å²) in [5.41, 5.74) is 4.75. The SMILES string of the molecule is Cc1cc(C)cc([C@H](C)NC(=O)Nc2c(C)noc2C)c1. The Morgan fingerprint density at radius 2 is 1.76 bits per heavy atom. The maximum atomic E-state index is 12.1.